The van der Waals surface area contributed by atoms with Gasteiger partial charge < -0.3 is 14.7 Å². The molecular formula is C22H41N3. The number of nitrogens with zero attached hydrogens (tertiary/aromatic N) is 3. The first-order valence-electron chi connectivity index (χ1n) is 10.0. The Bertz CT molecular complexity index is 564. The normalized spacial score (nSPS) is 23.4. The first-order valence-corrected chi connectivity index (χ1v) is 10.0. The molecule has 0 saturated carbocycles. The molecule has 0 N–H and O–H groups in total. The maximum Gasteiger partial charge on any atom is 0.133 e. The van der Waals surface area contributed by atoms with Crippen LogP contribution in [0.2, 0.25) is 0 Å². The van der Waals surface area contributed by atoms with Gasteiger partial charge in [0.15, 0.2) is 0 Å². The lowest BCUT2D eigenvalue weighted by atomic mass is 9.83. The minimum absolute atomic E-state index is 0.161. The standard InChI is InChI=1S/C22H41N3/c1-14(2)23-17(7)18(8)24(15(3)4)20(23)19-21(9,10)13-22(11,12)25(19)16(5)6/h14-16H,13H2,1-12H3. The maximum absolute atomic E-state index is 2.69. The molecule has 0 spiro atoms. The van der Waals surface area contributed by atoms with E-state index in [4.69, 9.17) is 0 Å². The molecule has 0 unspecified atom stereocenters. The van der Waals surface area contributed by atoms with Gasteiger partial charge in [-0.25, -0.2) is 0 Å². The van der Waals surface area contributed by atoms with E-state index in [2.05, 4.69) is 97.8 Å². The molecule has 2 aliphatic rings. The monoisotopic (exact) mass is 347 g/mol. The fourth-order valence-electron chi connectivity index (χ4n) is 5.52. The number of allylic oxidation sites excluding steroid dienone is 3. The zero-order valence-corrected chi connectivity index (χ0v) is 18.8. The average molecular weight is 348 g/mol. The van der Waals surface area contributed by atoms with Crippen LogP contribution >= 0.6 is 0 Å². The minimum atomic E-state index is 0.161. The number of rotatable bonds is 3. The zero-order valence-electron chi connectivity index (χ0n) is 18.8. The van der Waals surface area contributed by atoms with Crippen molar-refractivity contribution in [3.05, 3.63) is 22.9 Å². The Hall–Kier alpha value is -1.12. The summed E-state index contributed by atoms with van der Waals surface area (Å²) in [6, 6.07) is 1.40. The average Bonchev–Trinajstić information content (AvgIpc) is 2.76. The highest BCUT2D eigenvalue weighted by atomic mass is 15.4. The van der Waals surface area contributed by atoms with E-state index in [-0.39, 0.29) is 11.0 Å². The Morgan fingerprint density at radius 2 is 1.12 bits per heavy atom. The third-order valence-electron chi connectivity index (χ3n) is 5.87. The van der Waals surface area contributed by atoms with Gasteiger partial charge in [-0.05, 0) is 75.7 Å². The first-order chi connectivity index (χ1) is 11.2. The fourth-order valence-corrected chi connectivity index (χ4v) is 5.52. The van der Waals surface area contributed by atoms with Crippen LogP contribution < -0.4 is 0 Å². The topological polar surface area (TPSA) is 9.72 Å². The molecule has 2 heterocycles. The molecule has 0 radical (unpaired) electrons. The van der Waals surface area contributed by atoms with Gasteiger partial charge >= 0.3 is 0 Å². The van der Waals surface area contributed by atoms with Crippen LogP contribution in [0.15, 0.2) is 22.9 Å². The lowest BCUT2D eigenvalue weighted by Gasteiger charge is -2.43. The van der Waals surface area contributed by atoms with Gasteiger partial charge in [0.25, 0.3) is 0 Å². The molecule has 2 rings (SSSR count). The Labute approximate surface area is 156 Å². The van der Waals surface area contributed by atoms with Crippen LogP contribution in [-0.2, 0) is 0 Å². The number of hydrogen-bond acceptors (Lipinski definition) is 3. The van der Waals surface area contributed by atoms with Crippen LogP contribution in [0.25, 0.3) is 0 Å². The van der Waals surface area contributed by atoms with E-state index in [1.54, 1.807) is 0 Å². The van der Waals surface area contributed by atoms with Crippen LogP contribution in [0.3, 0.4) is 0 Å². The molecule has 1 saturated heterocycles. The third-order valence-corrected chi connectivity index (χ3v) is 5.87. The Balaban J connectivity index is 2.82. The molecule has 3 nitrogen and oxygen atoms in total. The summed E-state index contributed by atoms with van der Waals surface area (Å²) in [7, 11) is 0. The molecule has 0 aromatic carbocycles. The highest BCUT2D eigenvalue weighted by molar-refractivity contribution is 5.37. The van der Waals surface area contributed by atoms with Crippen LogP contribution in [-0.4, -0.2) is 38.4 Å². The first kappa shape index (κ1) is 20.2. The third kappa shape index (κ3) is 3.08. The van der Waals surface area contributed by atoms with Crippen LogP contribution in [0.1, 0.15) is 89.5 Å². The van der Waals surface area contributed by atoms with E-state index in [0.29, 0.717) is 18.1 Å². The summed E-state index contributed by atoms with van der Waals surface area (Å²) in [6.07, 6.45) is 1.19. The van der Waals surface area contributed by atoms with Crippen molar-refractivity contribution in [2.75, 3.05) is 0 Å². The SMILES string of the molecule is CC1=C(C)N(C(C)C)C(=C2N(C(C)C)C(C)(C)CC2(C)C)N1C(C)C. The zero-order chi connectivity index (χ0) is 19.5. The molecule has 0 aromatic rings. The van der Waals surface area contributed by atoms with Crippen molar-refractivity contribution in [3.63, 3.8) is 0 Å². The van der Waals surface area contributed by atoms with E-state index >= 15 is 0 Å². The van der Waals surface area contributed by atoms with Crippen molar-refractivity contribution in [1.82, 2.24) is 14.7 Å². The van der Waals surface area contributed by atoms with Crippen molar-refractivity contribution in [1.29, 1.82) is 0 Å². The lowest BCUT2D eigenvalue weighted by Crippen LogP contribution is -2.45. The second-order valence-corrected chi connectivity index (χ2v) is 10.1. The van der Waals surface area contributed by atoms with Crippen LogP contribution in [0.4, 0.5) is 0 Å². The maximum atomic E-state index is 2.69. The van der Waals surface area contributed by atoms with Crippen molar-refractivity contribution in [3.8, 4) is 0 Å². The summed E-state index contributed by atoms with van der Waals surface area (Å²) in [5.74, 6) is 1.42. The quantitative estimate of drug-likeness (QED) is 0.642. The second kappa shape index (κ2) is 6.25. The highest BCUT2D eigenvalue weighted by Crippen LogP contribution is 2.54. The summed E-state index contributed by atoms with van der Waals surface area (Å²) in [5.41, 5.74) is 4.65. The summed E-state index contributed by atoms with van der Waals surface area (Å²) in [4.78, 5) is 7.84. The second-order valence-electron chi connectivity index (χ2n) is 10.1. The van der Waals surface area contributed by atoms with Gasteiger partial charge in [0.2, 0.25) is 0 Å². The van der Waals surface area contributed by atoms with Gasteiger partial charge in [-0.3, -0.25) is 0 Å². The molecule has 0 bridgehead atoms. The number of likely N-dealkylation sites (tertiary alicyclic amines) is 1. The molecule has 0 amide bonds. The van der Waals surface area contributed by atoms with E-state index in [0.717, 1.165) is 0 Å². The van der Waals surface area contributed by atoms with Gasteiger partial charge in [0, 0.05) is 40.5 Å². The van der Waals surface area contributed by atoms with Crippen molar-refractivity contribution < 1.29 is 0 Å². The number of hydrogen-bond donors (Lipinski definition) is 0. The highest BCUT2D eigenvalue weighted by Gasteiger charge is 2.52. The van der Waals surface area contributed by atoms with Crippen molar-refractivity contribution in [2.45, 2.75) is 113 Å². The van der Waals surface area contributed by atoms with Crippen molar-refractivity contribution in [2.24, 2.45) is 5.41 Å². The van der Waals surface area contributed by atoms with Gasteiger partial charge in [0.1, 0.15) is 5.82 Å². The lowest BCUT2D eigenvalue weighted by molar-refractivity contribution is 0.149. The largest absolute Gasteiger partial charge is 0.364 e. The summed E-state index contributed by atoms with van der Waals surface area (Å²) >= 11 is 0. The molecule has 1 fully saturated rings. The van der Waals surface area contributed by atoms with Crippen LogP contribution in [0, 0.1) is 5.41 Å². The summed E-state index contributed by atoms with van der Waals surface area (Å²) in [6.45, 7) is 28.2. The molecule has 0 aromatic heterocycles. The molecule has 3 heteroatoms. The Morgan fingerprint density at radius 1 is 0.720 bits per heavy atom. The molecule has 0 aliphatic carbocycles. The predicted molar refractivity (Wildman–Crippen MR) is 109 cm³/mol. The molecular weight excluding hydrogens is 306 g/mol. The van der Waals surface area contributed by atoms with E-state index in [1.807, 2.05) is 0 Å². The van der Waals surface area contributed by atoms with E-state index in [9.17, 15) is 0 Å². The van der Waals surface area contributed by atoms with Gasteiger partial charge in [-0.1, -0.05) is 13.8 Å². The van der Waals surface area contributed by atoms with Crippen LogP contribution in [0.5, 0.6) is 0 Å². The molecule has 144 valence electrons. The molecule has 2 aliphatic heterocycles. The predicted octanol–water partition coefficient (Wildman–Crippen LogP) is 5.76. The van der Waals surface area contributed by atoms with Crippen molar-refractivity contribution >= 4 is 0 Å². The molecule has 25 heavy (non-hydrogen) atoms. The Morgan fingerprint density at radius 3 is 1.44 bits per heavy atom. The molecule has 0 atom stereocenters. The smallest absolute Gasteiger partial charge is 0.133 e. The van der Waals surface area contributed by atoms with Gasteiger partial charge in [0.05, 0.1) is 5.70 Å². The van der Waals surface area contributed by atoms with Gasteiger partial charge in [-0.15, -0.1) is 0 Å². The minimum Gasteiger partial charge on any atom is -0.364 e. The van der Waals surface area contributed by atoms with Gasteiger partial charge in [-0.2, -0.15) is 0 Å². The summed E-state index contributed by atoms with van der Waals surface area (Å²) in [5, 5.41) is 0. The van der Waals surface area contributed by atoms with E-state index < -0.39 is 0 Å². The van der Waals surface area contributed by atoms with E-state index in [1.165, 1.54) is 29.3 Å². The summed E-state index contributed by atoms with van der Waals surface area (Å²) < 4.78 is 0. The fraction of sp³-hybridized carbons (Fsp3) is 0.818. The Kier molecular flexibility index (Phi) is 5.04.